The molecular formula is C16H16O4. The second-order valence-electron chi connectivity index (χ2n) is 5.44. The Morgan fingerprint density at radius 1 is 1.35 bits per heavy atom. The first kappa shape index (κ1) is 13.1. The van der Waals surface area contributed by atoms with E-state index in [1.807, 2.05) is 30.3 Å². The smallest absolute Gasteiger partial charge is 0.303 e. The summed E-state index contributed by atoms with van der Waals surface area (Å²) in [6, 6.07) is 9.72. The summed E-state index contributed by atoms with van der Waals surface area (Å²) in [7, 11) is 0. The monoisotopic (exact) mass is 272 g/mol. The number of fused-ring (bicyclic) bond motifs is 1. The van der Waals surface area contributed by atoms with Crippen LogP contribution in [-0.4, -0.2) is 23.5 Å². The van der Waals surface area contributed by atoms with Crippen LogP contribution in [0.25, 0.3) is 0 Å². The summed E-state index contributed by atoms with van der Waals surface area (Å²) in [6.07, 6.45) is 3.76. The standard InChI is InChI=1S/C16H16O4/c17-13-6-7-16(12-4-2-1-3-5-12)14(9-13)11(10-20-16)8-15(18)19/h1-7,11,14H,8-10H2,(H,18,19). The third-order valence-electron chi connectivity index (χ3n) is 4.26. The van der Waals surface area contributed by atoms with Crippen LogP contribution in [0.1, 0.15) is 18.4 Å². The summed E-state index contributed by atoms with van der Waals surface area (Å²) < 4.78 is 5.99. The Morgan fingerprint density at radius 3 is 2.80 bits per heavy atom. The molecule has 1 aliphatic heterocycles. The molecule has 1 aliphatic carbocycles. The van der Waals surface area contributed by atoms with Crippen LogP contribution >= 0.6 is 0 Å². The van der Waals surface area contributed by atoms with E-state index >= 15 is 0 Å². The number of ketones is 1. The van der Waals surface area contributed by atoms with E-state index < -0.39 is 11.6 Å². The molecule has 0 saturated carbocycles. The van der Waals surface area contributed by atoms with Crippen molar-refractivity contribution in [2.24, 2.45) is 11.8 Å². The molecule has 20 heavy (non-hydrogen) atoms. The molecule has 0 spiro atoms. The molecule has 0 aromatic heterocycles. The molecule has 1 N–H and O–H groups in total. The van der Waals surface area contributed by atoms with Crippen LogP contribution in [0.15, 0.2) is 42.5 Å². The van der Waals surface area contributed by atoms with Gasteiger partial charge in [0.1, 0.15) is 5.60 Å². The van der Waals surface area contributed by atoms with Gasteiger partial charge < -0.3 is 9.84 Å². The average molecular weight is 272 g/mol. The van der Waals surface area contributed by atoms with Crippen molar-refractivity contribution in [3.05, 3.63) is 48.0 Å². The Balaban J connectivity index is 2.01. The molecule has 0 amide bonds. The molecule has 104 valence electrons. The van der Waals surface area contributed by atoms with Gasteiger partial charge in [-0.05, 0) is 23.6 Å². The lowest BCUT2D eigenvalue weighted by Crippen LogP contribution is -2.37. The van der Waals surface area contributed by atoms with Crippen LogP contribution in [0, 0.1) is 11.8 Å². The minimum Gasteiger partial charge on any atom is -0.481 e. The van der Waals surface area contributed by atoms with Crippen molar-refractivity contribution >= 4 is 11.8 Å². The lowest BCUT2D eigenvalue weighted by atomic mass is 9.70. The van der Waals surface area contributed by atoms with Crippen molar-refractivity contribution < 1.29 is 19.4 Å². The maximum Gasteiger partial charge on any atom is 0.303 e. The van der Waals surface area contributed by atoms with E-state index in [1.54, 1.807) is 12.2 Å². The molecule has 3 rings (SSSR count). The molecule has 1 heterocycles. The van der Waals surface area contributed by atoms with E-state index in [9.17, 15) is 9.59 Å². The number of hydrogen-bond donors (Lipinski definition) is 1. The van der Waals surface area contributed by atoms with E-state index in [4.69, 9.17) is 9.84 Å². The Morgan fingerprint density at radius 2 is 2.10 bits per heavy atom. The molecule has 1 aromatic rings. The van der Waals surface area contributed by atoms with Crippen LogP contribution in [0.2, 0.25) is 0 Å². The van der Waals surface area contributed by atoms with Gasteiger partial charge in [0, 0.05) is 12.3 Å². The van der Waals surface area contributed by atoms with Gasteiger partial charge >= 0.3 is 5.97 Å². The van der Waals surface area contributed by atoms with Crippen molar-refractivity contribution in [3.63, 3.8) is 0 Å². The molecule has 4 heteroatoms. The second kappa shape index (κ2) is 4.87. The van der Waals surface area contributed by atoms with E-state index in [0.717, 1.165) is 5.56 Å². The van der Waals surface area contributed by atoms with E-state index in [1.165, 1.54) is 0 Å². The first-order valence-electron chi connectivity index (χ1n) is 6.75. The number of benzene rings is 1. The Hall–Kier alpha value is -1.94. The van der Waals surface area contributed by atoms with Gasteiger partial charge in [0.15, 0.2) is 5.78 Å². The van der Waals surface area contributed by atoms with Crippen LogP contribution in [0.4, 0.5) is 0 Å². The Labute approximate surface area is 117 Å². The van der Waals surface area contributed by atoms with Gasteiger partial charge in [0.25, 0.3) is 0 Å². The number of ether oxygens (including phenoxy) is 1. The summed E-state index contributed by atoms with van der Waals surface area (Å²) in [5.74, 6) is -1.02. The zero-order chi connectivity index (χ0) is 14.2. The molecular weight excluding hydrogens is 256 g/mol. The lowest BCUT2D eigenvalue weighted by molar-refractivity contribution is -0.138. The minimum absolute atomic E-state index is 0.0420. The first-order valence-corrected chi connectivity index (χ1v) is 6.75. The first-order chi connectivity index (χ1) is 9.62. The van der Waals surface area contributed by atoms with E-state index in [2.05, 4.69) is 0 Å². The predicted octanol–water partition coefficient (Wildman–Crippen LogP) is 2.15. The van der Waals surface area contributed by atoms with Crippen LogP contribution in [-0.2, 0) is 19.9 Å². The fourth-order valence-corrected chi connectivity index (χ4v) is 3.33. The van der Waals surface area contributed by atoms with Crippen LogP contribution in [0.3, 0.4) is 0 Å². The van der Waals surface area contributed by atoms with Gasteiger partial charge in [-0.1, -0.05) is 30.3 Å². The summed E-state index contributed by atoms with van der Waals surface area (Å²) in [5, 5.41) is 9.03. The number of hydrogen-bond acceptors (Lipinski definition) is 3. The van der Waals surface area contributed by atoms with Crippen molar-refractivity contribution in [1.29, 1.82) is 0 Å². The normalized spacial score (nSPS) is 32.1. The van der Waals surface area contributed by atoms with Gasteiger partial charge in [-0.25, -0.2) is 0 Å². The predicted molar refractivity (Wildman–Crippen MR) is 72.1 cm³/mol. The highest BCUT2D eigenvalue weighted by molar-refractivity contribution is 5.91. The summed E-state index contributed by atoms with van der Waals surface area (Å²) in [5.41, 5.74) is 0.344. The van der Waals surface area contributed by atoms with Gasteiger partial charge in [0.05, 0.1) is 13.0 Å². The molecule has 3 unspecified atom stereocenters. The minimum atomic E-state index is -0.843. The van der Waals surface area contributed by atoms with Crippen molar-refractivity contribution in [2.75, 3.05) is 6.61 Å². The van der Waals surface area contributed by atoms with Gasteiger partial charge in [-0.3, -0.25) is 9.59 Å². The molecule has 0 bridgehead atoms. The molecule has 2 aliphatic rings. The molecule has 1 aromatic carbocycles. The summed E-state index contributed by atoms with van der Waals surface area (Å²) in [6.45, 7) is 0.378. The van der Waals surface area contributed by atoms with Crippen molar-refractivity contribution in [3.8, 4) is 0 Å². The number of carbonyl (C=O) groups is 2. The maximum absolute atomic E-state index is 11.7. The number of aliphatic carboxylic acids is 1. The molecule has 1 fully saturated rings. The fourth-order valence-electron chi connectivity index (χ4n) is 3.33. The zero-order valence-electron chi connectivity index (χ0n) is 11.0. The topological polar surface area (TPSA) is 63.6 Å². The number of carboxylic acid groups (broad SMARTS) is 1. The molecule has 3 atom stereocenters. The Bertz CT molecular complexity index is 563. The highest BCUT2D eigenvalue weighted by atomic mass is 16.5. The number of carbonyl (C=O) groups excluding carboxylic acids is 1. The third kappa shape index (κ3) is 2.06. The summed E-state index contributed by atoms with van der Waals surface area (Å²) in [4.78, 5) is 22.7. The third-order valence-corrected chi connectivity index (χ3v) is 4.26. The molecule has 1 saturated heterocycles. The Kier molecular flexibility index (Phi) is 3.18. The number of carboxylic acids is 1. The quantitative estimate of drug-likeness (QED) is 0.915. The highest BCUT2D eigenvalue weighted by Crippen LogP contribution is 2.50. The summed E-state index contributed by atoms with van der Waals surface area (Å²) >= 11 is 0. The van der Waals surface area contributed by atoms with Crippen LogP contribution in [0.5, 0.6) is 0 Å². The number of allylic oxidation sites excluding steroid dienone is 1. The van der Waals surface area contributed by atoms with E-state index in [-0.39, 0.29) is 24.0 Å². The van der Waals surface area contributed by atoms with Crippen LogP contribution < -0.4 is 0 Å². The SMILES string of the molecule is O=C(O)CC1COC2(c3ccccc3)C=CC(=O)CC12. The van der Waals surface area contributed by atoms with Gasteiger partial charge in [-0.2, -0.15) is 0 Å². The van der Waals surface area contributed by atoms with Gasteiger partial charge in [0.2, 0.25) is 0 Å². The second-order valence-corrected chi connectivity index (χ2v) is 5.44. The maximum atomic E-state index is 11.7. The van der Waals surface area contributed by atoms with Gasteiger partial charge in [-0.15, -0.1) is 0 Å². The zero-order valence-corrected chi connectivity index (χ0v) is 11.0. The largest absolute Gasteiger partial charge is 0.481 e. The fraction of sp³-hybridized carbons (Fsp3) is 0.375. The molecule has 0 radical (unpaired) electrons. The number of rotatable bonds is 3. The average Bonchev–Trinajstić information content (AvgIpc) is 2.79. The van der Waals surface area contributed by atoms with Crippen molar-refractivity contribution in [2.45, 2.75) is 18.4 Å². The highest BCUT2D eigenvalue weighted by Gasteiger charge is 2.51. The lowest BCUT2D eigenvalue weighted by Gasteiger charge is -2.35. The van der Waals surface area contributed by atoms with E-state index in [0.29, 0.717) is 13.0 Å². The molecule has 4 nitrogen and oxygen atoms in total. The van der Waals surface area contributed by atoms with Crippen molar-refractivity contribution in [1.82, 2.24) is 0 Å².